The van der Waals surface area contributed by atoms with E-state index in [0.29, 0.717) is 16.9 Å². The van der Waals surface area contributed by atoms with Gasteiger partial charge in [-0.15, -0.1) is 0 Å². The van der Waals surface area contributed by atoms with E-state index >= 15 is 0 Å². The van der Waals surface area contributed by atoms with Crippen LogP contribution in [0.2, 0.25) is 0 Å². The summed E-state index contributed by atoms with van der Waals surface area (Å²) in [6, 6.07) is 7.54. The summed E-state index contributed by atoms with van der Waals surface area (Å²) in [5, 5.41) is 3.34. The number of pyridine rings is 1. The first-order valence-corrected chi connectivity index (χ1v) is 7.51. The van der Waals surface area contributed by atoms with E-state index in [4.69, 9.17) is 5.73 Å². The predicted molar refractivity (Wildman–Crippen MR) is 94.2 cm³/mol. The Labute approximate surface area is 134 Å². The molecule has 0 spiro atoms. The zero-order valence-corrected chi connectivity index (χ0v) is 13.8. The van der Waals surface area contributed by atoms with E-state index in [-0.39, 0.29) is 11.2 Å². The summed E-state index contributed by atoms with van der Waals surface area (Å²) in [6.07, 6.45) is 1.70. The van der Waals surface area contributed by atoms with Crippen molar-refractivity contribution in [3.63, 3.8) is 0 Å². The molecular formula is C17H21N5O. The van der Waals surface area contributed by atoms with E-state index in [2.05, 4.69) is 15.3 Å². The molecule has 3 rings (SSSR count). The molecular weight excluding hydrogens is 290 g/mol. The number of aromatic amines is 1. The highest BCUT2D eigenvalue weighted by molar-refractivity contribution is 5.88. The van der Waals surface area contributed by atoms with Gasteiger partial charge in [0.1, 0.15) is 5.52 Å². The number of hydrogen-bond donors (Lipinski definition) is 3. The number of anilines is 3. The number of hydrogen-bond acceptors (Lipinski definition) is 4. The van der Waals surface area contributed by atoms with E-state index in [1.807, 2.05) is 52.0 Å². The largest absolute Gasteiger partial charge is 0.399 e. The Balaban J connectivity index is 2.16. The molecule has 0 saturated heterocycles. The van der Waals surface area contributed by atoms with Crippen molar-refractivity contribution >= 4 is 28.2 Å². The minimum Gasteiger partial charge on any atom is -0.399 e. The van der Waals surface area contributed by atoms with E-state index in [1.165, 1.54) is 0 Å². The second-order valence-corrected chi connectivity index (χ2v) is 6.69. The minimum absolute atomic E-state index is 0.168. The molecule has 23 heavy (non-hydrogen) atoms. The number of nitrogen functional groups attached to an aromatic ring is 1. The van der Waals surface area contributed by atoms with Gasteiger partial charge < -0.3 is 16.0 Å². The van der Waals surface area contributed by atoms with Gasteiger partial charge in [-0.1, -0.05) is 6.07 Å². The standard InChI is InChI=1S/C17H21N5O/c1-10-5-6-11(18)9-13(10)20-12-7-8-19-15-14(12)21-16(23)22(15)17(2,3)4/h5-9H,18H2,1-4H3,(H,19,20)(H,21,23). The number of aromatic nitrogens is 3. The minimum atomic E-state index is -0.353. The van der Waals surface area contributed by atoms with Gasteiger partial charge in [-0.3, -0.25) is 4.57 Å². The molecule has 0 saturated carbocycles. The van der Waals surface area contributed by atoms with Crippen molar-refractivity contribution in [2.75, 3.05) is 11.1 Å². The van der Waals surface area contributed by atoms with Crippen molar-refractivity contribution in [2.45, 2.75) is 33.2 Å². The molecule has 0 amide bonds. The fourth-order valence-electron chi connectivity index (χ4n) is 2.65. The molecule has 6 heteroatoms. The van der Waals surface area contributed by atoms with Crippen LogP contribution in [0, 0.1) is 6.92 Å². The van der Waals surface area contributed by atoms with Gasteiger partial charge in [0.25, 0.3) is 0 Å². The molecule has 0 fully saturated rings. The average Bonchev–Trinajstić information content (AvgIpc) is 2.80. The molecule has 2 aromatic heterocycles. The summed E-state index contributed by atoms with van der Waals surface area (Å²) in [6.45, 7) is 7.94. The number of fused-ring (bicyclic) bond motifs is 1. The molecule has 0 bridgehead atoms. The normalized spacial score (nSPS) is 11.8. The number of nitrogens with zero attached hydrogens (tertiary/aromatic N) is 2. The van der Waals surface area contributed by atoms with Gasteiger partial charge in [0.15, 0.2) is 5.65 Å². The maximum absolute atomic E-state index is 12.3. The molecule has 3 aromatic rings. The third-order valence-electron chi connectivity index (χ3n) is 3.78. The van der Waals surface area contributed by atoms with Gasteiger partial charge in [-0.2, -0.15) is 0 Å². The molecule has 0 aliphatic heterocycles. The molecule has 1 aromatic carbocycles. The van der Waals surface area contributed by atoms with Crippen LogP contribution in [0.15, 0.2) is 35.3 Å². The molecule has 120 valence electrons. The summed E-state index contributed by atoms with van der Waals surface area (Å²) < 4.78 is 1.67. The molecule has 0 radical (unpaired) electrons. The van der Waals surface area contributed by atoms with Gasteiger partial charge >= 0.3 is 5.69 Å². The predicted octanol–water partition coefficient (Wildman–Crippen LogP) is 3.11. The number of nitrogens with two attached hydrogens (primary N) is 1. The van der Waals surface area contributed by atoms with Crippen LogP contribution in [-0.2, 0) is 5.54 Å². The molecule has 4 N–H and O–H groups in total. The van der Waals surface area contributed by atoms with Gasteiger partial charge in [-0.05, 0) is 51.5 Å². The van der Waals surface area contributed by atoms with Crippen molar-refractivity contribution in [3.8, 4) is 0 Å². The van der Waals surface area contributed by atoms with Gasteiger partial charge in [-0.25, -0.2) is 9.78 Å². The lowest BCUT2D eigenvalue weighted by Gasteiger charge is -2.20. The average molecular weight is 311 g/mol. The van der Waals surface area contributed by atoms with Crippen LogP contribution in [0.3, 0.4) is 0 Å². The zero-order valence-electron chi connectivity index (χ0n) is 13.8. The molecule has 6 nitrogen and oxygen atoms in total. The first-order chi connectivity index (χ1) is 10.8. The van der Waals surface area contributed by atoms with E-state index in [9.17, 15) is 4.79 Å². The second kappa shape index (κ2) is 5.15. The fraction of sp³-hybridized carbons (Fsp3) is 0.294. The first-order valence-electron chi connectivity index (χ1n) is 7.51. The number of aryl methyl sites for hydroxylation is 1. The summed E-state index contributed by atoms with van der Waals surface area (Å²) >= 11 is 0. The van der Waals surface area contributed by atoms with E-state index in [1.54, 1.807) is 10.8 Å². The van der Waals surface area contributed by atoms with Crippen LogP contribution in [0.4, 0.5) is 17.1 Å². The van der Waals surface area contributed by atoms with Crippen LogP contribution in [0.25, 0.3) is 11.2 Å². The Kier molecular flexibility index (Phi) is 3.39. The maximum atomic E-state index is 12.3. The van der Waals surface area contributed by atoms with Crippen molar-refractivity contribution in [1.82, 2.24) is 14.5 Å². The van der Waals surface area contributed by atoms with Crippen molar-refractivity contribution in [2.24, 2.45) is 0 Å². The lowest BCUT2D eigenvalue weighted by atomic mass is 10.1. The SMILES string of the molecule is Cc1ccc(N)cc1Nc1ccnc2c1[nH]c(=O)n2C(C)(C)C. The highest BCUT2D eigenvalue weighted by Gasteiger charge is 2.21. The van der Waals surface area contributed by atoms with E-state index in [0.717, 1.165) is 16.9 Å². The van der Waals surface area contributed by atoms with Gasteiger partial charge in [0, 0.05) is 23.1 Å². The fourth-order valence-corrected chi connectivity index (χ4v) is 2.65. The number of imidazole rings is 1. The summed E-state index contributed by atoms with van der Waals surface area (Å²) in [7, 11) is 0. The molecule has 0 unspecified atom stereocenters. The topological polar surface area (TPSA) is 88.7 Å². The Bertz CT molecular complexity index is 930. The number of nitrogens with one attached hydrogen (secondary N) is 2. The van der Waals surface area contributed by atoms with Crippen molar-refractivity contribution in [1.29, 1.82) is 0 Å². The first kappa shape index (κ1) is 15.1. The van der Waals surface area contributed by atoms with Crippen LogP contribution < -0.4 is 16.7 Å². The van der Waals surface area contributed by atoms with Gasteiger partial charge in [0.05, 0.1) is 5.69 Å². The third-order valence-corrected chi connectivity index (χ3v) is 3.78. The smallest absolute Gasteiger partial charge is 0.328 e. The Morgan fingerprint density at radius 2 is 1.96 bits per heavy atom. The quantitative estimate of drug-likeness (QED) is 0.634. The molecule has 0 atom stereocenters. The summed E-state index contributed by atoms with van der Waals surface area (Å²) in [5.41, 5.74) is 10.1. The maximum Gasteiger partial charge on any atom is 0.328 e. The third kappa shape index (κ3) is 2.67. The van der Waals surface area contributed by atoms with Crippen LogP contribution in [-0.4, -0.2) is 14.5 Å². The van der Waals surface area contributed by atoms with Crippen molar-refractivity contribution < 1.29 is 0 Å². The highest BCUT2D eigenvalue weighted by atomic mass is 16.1. The van der Waals surface area contributed by atoms with E-state index < -0.39 is 0 Å². The Hall–Kier alpha value is -2.76. The Morgan fingerprint density at radius 1 is 1.22 bits per heavy atom. The molecule has 0 aliphatic rings. The second-order valence-electron chi connectivity index (χ2n) is 6.69. The Morgan fingerprint density at radius 3 is 2.65 bits per heavy atom. The summed E-state index contributed by atoms with van der Waals surface area (Å²) in [5.74, 6) is 0. The van der Waals surface area contributed by atoms with Crippen LogP contribution >= 0.6 is 0 Å². The van der Waals surface area contributed by atoms with Crippen LogP contribution in [0.5, 0.6) is 0 Å². The lowest BCUT2D eigenvalue weighted by Crippen LogP contribution is -2.32. The lowest BCUT2D eigenvalue weighted by molar-refractivity contribution is 0.395. The summed E-state index contributed by atoms with van der Waals surface area (Å²) in [4.78, 5) is 19.6. The monoisotopic (exact) mass is 311 g/mol. The zero-order chi connectivity index (χ0) is 16.8. The van der Waals surface area contributed by atoms with Crippen molar-refractivity contribution in [3.05, 3.63) is 46.5 Å². The molecule has 0 aliphatic carbocycles. The van der Waals surface area contributed by atoms with Gasteiger partial charge in [0.2, 0.25) is 0 Å². The number of rotatable bonds is 2. The van der Waals surface area contributed by atoms with Crippen LogP contribution in [0.1, 0.15) is 26.3 Å². The number of H-pyrrole nitrogens is 1. The highest BCUT2D eigenvalue weighted by Crippen LogP contribution is 2.28. The number of benzene rings is 1. The molecule has 2 heterocycles.